The summed E-state index contributed by atoms with van der Waals surface area (Å²) in [6.45, 7) is 1.12. The lowest BCUT2D eigenvalue weighted by atomic mass is 9.95. The molecule has 1 N–H and O–H groups in total. The third-order valence-electron chi connectivity index (χ3n) is 7.11. The highest BCUT2D eigenvalue weighted by molar-refractivity contribution is 7.92. The summed E-state index contributed by atoms with van der Waals surface area (Å²) in [5, 5.41) is 3.60. The predicted octanol–water partition coefficient (Wildman–Crippen LogP) is 5.54. The molecule has 0 aromatic heterocycles. The first-order valence-corrected chi connectivity index (χ1v) is 15.1. The zero-order valence-corrected chi connectivity index (χ0v) is 23.9. The molecular formula is C30H33ClFN3O4S. The maximum atomic E-state index is 13.9. The zero-order chi connectivity index (χ0) is 28.7. The van der Waals surface area contributed by atoms with E-state index in [0.717, 1.165) is 54.1 Å². The Morgan fingerprint density at radius 3 is 2.20 bits per heavy atom. The fraction of sp³-hybridized carbons (Fsp3) is 0.333. The van der Waals surface area contributed by atoms with Gasteiger partial charge in [-0.15, -0.1) is 0 Å². The quantitative estimate of drug-likeness (QED) is 0.338. The molecule has 1 aliphatic rings. The SMILES string of the molecule is C[C@H](C(=O)NC1CCCCC1)N(Cc1ccc(Cl)cc1)C(=O)CN(c1ccc(F)cc1)S(=O)(=O)c1ccccc1. The van der Waals surface area contributed by atoms with Crippen LogP contribution in [0.25, 0.3) is 0 Å². The van der Waals surface area contributed by atoms with Crippen molar-refractivity contribution in [2.75, 3.05) is 10.8 Å². The number of hydrogen-bond acceptors (Lipinski definition) is 4. The number of hydrogen-bond donors (Lipinski definition) is 1. The van der Waals surface area contributed by atoms with E-state index in [2.05, 4.69) is 5.32 Å². The van der Waals surface area contributed by atoms with E-state index in [-0.39, 0.29) is 29.1 Å². The Morgan fingerprint density at radius 2 is 1.57 bits per heavy atom. The second-order valence-electron chi connectivity index (χ2n) is 9.97. The molecule has 7 nitrogen and oxygen atoms in total. The van der Waals surface area contributed by atoms with Crippen molar-refractivity contribution in [1.82, 2.24) is 10.2 Å². The van der Waals surface area contributed by atoms with Crippen LogP contribution < -0.4 is 9.62 Å². The minimum absolute atomic E-state index is 0.0144. The summed E-state index contributed by atoms with van der Waals surface area (Å²) in [4.78, 5) is 28.6. The molecule has 1 fully saturated rings. The molecule has 3 aromatic rings. The van der Waals surface area contributed by atoms with Gasteiger partial charge >= 0.3 is 0 Å². The van der Waals surface area contributed by atoms with E-state index in [1.165, 1.54) is 29.2 Å². The van der Waals surface area contributed by atoms with Gasteiger partial charge in [-0.05, 0) is 73.9 Å². The summed E-state index contributed by atoms with van der Waals surface area (Å²) in [6.07, 6.45) is 4.99. The first-order chi connectivity index (χ1) is 19.1. The Morgan fingerprint density at radius 1 is 0.950 bits per heavy atom. The van der Waals surface area contributed by atoms with Crippen molar-refractivity contribution in [2.45, 2.75) is 62.6 Å². The number of rotatable bonds is 10. The lowest BCUT2D eigenvalue weighted by Gasteiger charge is -2.33. The van der Waals surface area contributed by atoms with Gasteiger partial charge in [-0.25, -0.2) is 12.8 Å². The number of sulfonamides is 1. The average Bonchev–Trinajstić information content (AvgIpc) is 2.96. The number of amides is 2. The third kappa shape index (κ3) is 7.40. The fourth-order valence-electron chi connectivity index (χ4n) is 4.79. The standard InChI is InChI=1S/C30H33ClFN3O4S/c1-22(30(37)33-26-8-4-2-5-9-26)34(20-23-12-14-24(31)15-13-23)29(36)21-35(27-18-16-25(32)17-19-27)40(38,39)28-10-6-3-7-11-28/h3,6-7,10-19,22,26H,2,4-5,8-9,20-21H2,1H3,(H,33,37)/t22-/m1/s1. The highest BCUT2D eigenvalue weighted by atomic mass is 35.5. The number of nitrogens with zero attached hydrogens (tertiary/aromatic N) is 2. The molecule has 212 valence electrons. The van der Waals surface area contributed by atoms with Gasteiger partial charge in [-0.2, -0.15) is 0 Å². The van der Waals surface area contributed by atoms with E-state index in [4.69, 9.17) is 11.6 Å². The average molecular weight is 586 g/mol. The second-order valence-corrected chi connectivity index (χ2v) is 12.3. The molecule has 0 spiro atoms. The van der Waals surface area contributed by atoms with Crippen LogP contribution in [0.2, 0.25) is 5.02 Å². The van der Waals surface area contributed by atoms with E-state index in [0.29, 0.717) is 5.02 Å². The molecule has 0 unspecified atom stereocenters. The fourth-order valence-corrected chi connectivity index (χ4v) is 6.35. The largest absolute Gasteiger partial charge is 0.352 e. The maximum Gasteiger partial charge on any atom is 0.264 e. The van der Waals surface area contributed by atoms with Gasteiger partial charge in [0.1, 0.15) is 18.4 Å². The molecule has 1 atom stereocenters. The van der Waals surface area contributed by atoms with Crippen LogP contribution in [0.1, 0.15) is 44.6 Å². The molecule has 2 amide bonds. The number of carbonyl (C=O) groups is 2. The van der Waals surface area contributed by atoms with E-state index in [1.807, 2.05) is 0 Å². The molecule has 40 heavy (non-hydrogen) atoms. The Kier molecular flexibility index (Phi) is 9.81. The summed E-state index contributed by atoms with van der Waals surface area (Å²) in [5.41, 5.74) is 0.860. The Balaban J connectivity index is 1.65. The smallest absolute Gasteiger partial charge is 0.264 e. The van der Waals surface area contributed by atoms with Crippen molar-refractivity contribution in [1.29, 1.82) is 0 Å². The number of nitrogens with one attached hydrogen (secondary N) is 1. The molecule has 4 rings (SSSR count). The second kappa shape index (κ2) is 13.3. The van der Waals surface area contributed by atoms with E-state index in [9.17, 15) is 22.4 Å². The molecule has 3 aromatic carbocycles. The Bertz CT molecular complexity index is 1400. The molecule has 0 aliphatic heterocycles. The van der Waals surface area contributed by atoms with Crippen LogP contribution in [0.3, 0.4) is 0 Å². The van der Waals surface area contributed by atoms with Crippen molar-refractivity contribution in [2.24, 2.45) is 0 Å². The molecule has 1 aliphatic carbocycles. The van der Waals surface area contributed by atoms with Crippen LogP contribution in [0.5, 0.6) is 0 Å². The third-order valence-corrected chi connectivity index (χ3v) is 9.15. The van der Waals surface area contributed by atoms with E-state index in [1.54, 1.807) is 49.4 Å². The van der Waals surface area contributed by atoms with Crippen LogP contribution in [-0.4, -0.2) is 43.8 Å². The van der Waals surface area contributed by atoms with Gasteiger partial charge in [0, 0.05) is 17.6 Å². The van der Waals surface area contributed by atoms with Gasteiger partial charge in [0.2, 0.25) is 11.8 Å². The minimum Gasteiger partial charge on any atom is -0.352 e. The van der Waals surface area contributed by atoms with Crippen LogP contribution in [0.15, 0.2) is 83.8 Å². The zero-order valence-electron chi connectivity index (χ0n) is 22.3. The van der Waals surface area contributed by atoms with Gasteiger partial charge in [0.15, 0.2) is 0 Å². The topological polar surface area (TPSA) is 86.8 Å². The number of benzene rings is 3. The van der Waals surface area contributed by atoms with Gasteiger partial charge in [-0.1, -0.05) is 61.2 Å². The monoisotopic (exact) mass is 585 g/mol. The molecule has 10 heteroatoms. The lowest BCUT2D eigenvalue weighted by molar-refractivity contribution is -0.139. The van der Waals surface area contributed by atoms with Crippen LogP contribution in [-0.2, 0) is 26.2 Å². The van der Waals surface area contributed by atoms with Crippen molar-refractivity contribution in [3.63, 3.8) is 0 Å². The first-order valence-electron chi connectivity index (χ1n) is 13.3. The highest BCUT2D eigenvalue weighted by Gasteiger charge is 2.33. The molecule has 0 radical (unpaired) electrons. The number of halogens is 2. The van der Waals surface area contributed by atoms with Crippen molar-refractivity contribution >= 4 is 39.1 Å². The summed E-state index contributed by atoms with van der Waals surface area (Å²) < 4.78 is 42.1. The van der Waals surface area contributed by atoms with Crippen LogP contribution in [0, 0.1) is 5.82 Å². The maximum absolute atomic E-state index is 13.9. The van der Waals surface area contributed by atoms with Crippen LogP contribution >= 0.6 is 11.6 Å². The van der Waals surface area contributed by atoms with E-state index < -0.39 is 34.3 Å². The molecule has 1 saturated carbocycles. The first kappa shape index (κ1) is 29.6. The van der Waals surface area contributed by atoms with Crippen molar-refractivity contribution < 1.29 is 22.4 Å². The number of anilines is 1. The summed E-state index contributed by atoms with van der Waals surface area (Å²) in [6, 6.07) is 18.7. The van der Waals surface area contributed by atoms with Gasteiger partial charge < -0.3 is 10.2 Å². The van der Waals surface area contributed by atoms with Crippen LogP contribution in [0.4, 0.5) is 10.1 Å². The van der Waals surface area contributed by atoms with Gasteiger partial charge in [0.05, 0.1) is 10.6 Å². The van der Waals surface area contributed by atoms with Crippen molar-refractivity contribution in [3.8, 4) is 0 Å². The van der Waals surface area contributed by atoms with Crippen molar-refractivity contribution in [3.05, 3.63) is 95.3 Å². The number of carbonyl (C=O) groups excluding carboxylic acids is 2. The van der Waals surface area contributed by atoms with E-state index >= 15 is 0 Å². The Hall–Kier alpha value is -3.43. The predicted molar refractivity (Wildman–Crippen MR) is 154 cm³/mol. The Labute approximate surface area is 240 Å². The molecule has 0 heterocycles. The molecule has 0 bridgehead atoms. The summed E-state index contributed by atoms with van der Waals surface area (Å²) in [7, 11) is -4.20. The van der Waals surface area contributed by atoms with Gasteiger partial charge in [-0.3, -0.25) is 13.9 Å². The molecule has 0 saturated heterocycles. The highest BCUT2D eigenvalue weighted by Crippen LogP contribution is 2.25. The minimum atomic E-state index is -4.20. The van der Waals surface area contributed by atoms with Gasteiger partial charge in [0.25, 0.3) is 10.0 Å². The summed E-state index contributed by atoms with van der Waals surface area (Å²) >= 11 is 6.04. The normalized spacial score (nSPS) is 14.8. The molecular weight excluding hydrogens is 553 g/mol. The summed E-state index contributed by atoms with van der Waals surface area (Å²) in [5.74, 6) is -1.41. The lowest BCUT2D eigenvalue weighted by Crippen LogP contribution is -2.53.